The first-order valence-corrected chi connectivity index (χ1v) is 8.80. The van der Waals surface area contributed by atoms with Crippen LogP contribution >= 0.6 is 0 Å². The molecule has 0 amide bonds. The molecule has 1 saturated heterocycles. The van der Waals surface area contributed by atoms with E-state index in [9.17, 15) is 17.2 Å². The highest BCUT2D eigenvalue weighted by Crippen LogP contribution is 2.36. The van der Waals surface area contributed by atoms with E-state index in [1.807, 2.05) is 27.7 Å². The summed E-state index contributed by atoms with van der Waals surface area (Å²) in [7, 11) is -4.68. The van der Waals surface area contributed by atoms with E-state index in [-0.39, 0.29) is 11.1 Å². The van der Waals surface area contributed by atoms with Crippen molar-refractivity contribution in [2.45, 2.75) is 51.1 Å². The Morgan fingerprint density at radius 2 is 1.65 bits per heavy atom. The third-order valence-corrected chi connectivity index (χ3v) is 4.92. The number of hydrogen-bond acceptors (Lipinski definition) is 4. The van der Waals surface area contributed by atoms with Gasteiger partial charge >= 0.3 is 7.12 Å². The third-order valence-electron chi connectivity index (χ3n) is 4.18. The van der Waals surface area contributed by atoms with E-state index in [1.165, 1.54) is 12.1 Å². The second-order valence-corrected chi connectivity index (χ2v) is 8.32. The summed E-state index contributed by atoms with van der Waals surface area (Å²) in [6.07, 6.45) is -2.74. The number of sulfonamides is 1. The average molecular weight is 347 g/mol. The van der Waals surface area contributed by atoms with E-state index in [4.69, 9.17) is 14.4 Å². The normalized spacial score (nSPS) is 20.3. The highest BCUT2D eigenvalue weighted by atomic mass is 32.2. The SMILES string of the molecule is CC1(C)OB(c2cc(CS(N)(=O)=O)cc(C(F)F)c2)OC1(C)C. The second kappa shape index (κ2) is 5.80. The number of nitrogens with two attached hydrogens (primary N) is 1. The van der Waals surface area contributed by atoms with Gasteiger partial charge in [0.25, 0.3) is 6.43 Å². The summed E-state index contributed by atoms with van der Waals surface area (Å²) in [4.78, 5) is 0. The molecule has 1 aliphatic heterocycles. The number of rotatable bonds is 4. The lowest BCUT2D eigenvalue weighted by Crippen LogP contribution is -2.41. The Hall–Kier alpha value is -1.03. The number of halogens is 2. The van der Waals surface area contributed by atoms with Crippen LogP contribution in [0.4, 0.5) is 8.78 Å². The summed E-state index contributed by atoms with van der Waals surface area (Å²) in [5, 5.41) is 5.01. The monoisotopic (exact) mass is 347 g/mol. The predicted molar refractivity (Wildman–Crippen MR) is 83.9 cm³/mol. The number of alkyl halides is 2. The van der Waals surface area contributed by atoms with E-state index in [2.05, 4.69) is 0 Å². The molecule has 1 heterocycles. The van der Waals surface area contributed by atoms with Crippen LogP contribution in [0.15, 0.2) is 18.2 Å². The Bertz CT molecular complexity index is 691. The molecule has 0 atom stereocenters. The molecule has 0 unspecified atom stereocenters. The van der Waals surface area contributed by atoms with Crippen molar-refractivity contribution in [1.29, 1.82) is 0 Å². The molecule has 0 aromatic heterocycles. The molecule has 0 saturated carbocycles. The molecule has 1 aliphatic rings. The van der Waals surface area contributed by atoms with Crippen molar-refractivity contribution in [3.63, 3.8) is 0 Å². The lowest BCUT2D eigenvalue weighted by Gasteiger charge is -2.32. The van der Waals surface area contributed by atoms with Gasteiger partial charge in [0, 0.05) is 5.56 Å². The zero-order valence-corrected chi connectivity index (χ0v) is 14.3. The van der Waals surface area contributed by atoms with Crippen molar-refractivity contribution < 1.29 is 26.5 Å². The van der Waals surface area contributed by atoms with Gasteiger partial charge in [0.05, 0.1) is 17.0 Å². The fraction of sp³-hybridized carbons (Fsp3) is 0.571. The summed E-state index contributed by atoms with van der Waals surface area (Å²) in [6.45, 7) is 7.37. The molecule has 1 aromatic rings. The quantitative estimate of drug-likeness (QED) is 0.841. The van der Waals surface area contributed by atoms with Crippen molar-refractivity contribution in [1.82, 2.24) is 0 Å². The predicted octanol–water partition coefficient (Wildman–Crippen LogP) is 1.71. The zero-order valence-electron chi connectivity index (χ0n) is 13.5. The molecule has 1 fully saturated rings. The van der Waals surface area contributed by atoms with Crippen LogP contribution in [-0.4, -0.2) is 26.7 Å². The van der Waals surface area contributed by atoms with E-state index < -0.39 is 40.5 Å². The minimum atomic E-state index is -3.83. The van der Waals surface area contributed by atoms with Crippen LogP contribution in [0.5, 0.6) is 0 Å². The molecule has 5 nitrogen and oxygen atoms in total. The Morgan fingerprint density at radius 3 is 2.09 bits per heavy atom. The molecular weight excluding hydrogens is 327 g/mol. The molecule has 2 N–H and O–H groups in total. The maximum Gasteiger partial charge on any atom is 0.494 e. The highest BCUT2D eigenvalue weighted by molar-refractivity contribution is 7.88. The van der Waals surface area contributed by atoms with Gasteiger partial charge in [-0.05, 0) is 44.8 Å². The van der Waals surface area contributed by atoms with Gasteiger partial charge in [-0.1, -0.05) is 12.1 Å². The lowest BCUT2D eigenvalue weighted by molar-refractivity contribution is 0.00578. The van der Waals surface area contributed by atoms with Gasteiger partial charge in [-0.3, -0.25) is 0 Å². The summed E-state index contributed by atoms with van der Waals surface area (Å²) in [5.74, 6) is -0.528. The minimum absolute atomic E-state index is 0.176. The minimum Gasteiger partial charge on any atom is -0.399 e. The van der Waals surface area contributed by atoms with Crippen molar-refractivity contribution in [2.24, 2.45) is 5.14 Å². The fourth-order valence-corrected chi connectivity index (χ4v) is 2.93. The molecule has 2 rings (SSSR count). The fourth-order valence-electron chi connectivity index (χ4n) is 2.30. The number of benzene rings is 1. The van der Waals surface area contributed by atoms with Crippen LogP contribution in [0.3, 0.4) is 0 Å². The Labute approximate surface area is 135 Å². The molecule has 9 heteroatoms. The summed E-state index contributed by atoms with van der Waals surface area (Å²) in [5.41, 5.74) is -1.03. The lowest BCUT2D eigenvalue weighted by atomic mass is 9.77. The Morgan fingerprint density at radius 1 is 1.13 bits per heavy atom. The van der Waals surface area contributed by atoms with Gasteiger partial charge in [0.2, 0.25) is 10.0 Å². The summed E-state index contributed by atoms with van der Waals surface area (Å²) in [6, 6.07) is 3.86. The molecule has 23 heavy (non-hydrogen) atoms. The zero-order chi connectivity index (χ0) is 17.6. The van der Waals surface area contributed by atoms with E-state index in [0.717, 1.165) is 6.07 Å². The molecule has 128 valence electrons. The molecule has 1 aromatic carbocycles. The standard InChI is InChI=1S/C14H20BF2NO4S/c1-13(2)14(3,4)22-15(21-13)11-6-9(8-23(18,19)20)5-10(7-11)12(16)17/h5-7,12H,8H2,1-4H3,(H2,18,19,20). The number of hydrogen-bond donors (Lipinski definition) is 1. The van der Waals surface area contributed by atoms with Crippen LogP contribution in [0.1, 0.15) is 45.2 Å². The first kappa shape index (κ1) is 18.3. The van der Waals surface area contributed by atoms with Crippen molar-refractivity contribution in [3.8, 4) is 0 Å². The smallest absolute Gasteiger partial charge is 0.399 e. The van der Waals surface area contributed by atoms with Gasteiger partial charge in [0.15, 0.2) is 0 Å². The second-order valence-electron chi connectivity index (χ2n) is 6.70. The van der Waals surface area contributed by atoms with Gasteiger partial charge < -0.3 is 9.31 Å². The van der Waals surface area contributed by atoms with Crippen molar-refractivity contribution >= 4 is 22.6 Å². The van der Waals surface area contributed by atoms with Crippen molar-refractivity contribution in [3.05, 3.63) is 29.3 Å². The maximum absolute atomic E-state index is 13.1. The van der Waals surface area contributed by atoms with Crippen LogP contribution in [0.2, 0.25) is 0 Å². The highest BCUT2D eigenvalue weighted by Gasteiger charge is 2.51. The van der Waals surface area contributed by atoms with Crippen LogP contribution < -0.4 is 10.6 Å². The first-order valence-electron chi connectivity index (χ1n) is 7.09. The van der Waals surface area contributed by atoms with Crippen LogP contribution in [-0.2, 0) is 25.1 Å². The summed E-state index contributed by atoms with van der Waals surface area (Å²) < 4.78 is 60.3. The van der Waals surface area contributed by atoms with Crippen LogP contribution in [0, 0.1) is 0 Å². The molecule has 0 bridgehead atoms. The largest absolute Gasteiger partial charge is 0.494 e. The van der Waals surface area contributed by atoms with Crippen LogP contribution in [0.25, 0.3) is 0 Å². The van der Waals surface area contributed by atoms with Crippen molar-refractivity contribution in [2.75, 3.05) is 0 Å². The average Bonchev–Trinajstić information content (AvgIpc) is 2.56. The first-order chi connectivity index (χ1) is 10.3. The molecule has 0 aliphatic carbocycles. The third kappa shape index (κ3) is 4.09. The van der Waals surface area contributed by atoms with Gasteiger partial charge in [0.1, 0.15) is 0 Å². The van der Waals surface area contributed by atoms with E-state index in [1.54, 1.807) is 0 Å². The number of primary sulfonamides is 1. The summed E-state index contributed by atoms with van der Waals surface area (Å²) >= 11 is 0. The van der Waals surface area contributed by atoms with Gasteiger partial charge in [-0.25, -0.2) is 22.3 Å². The van der Waals surface area contributed by atoms with E-state index >= 15 is 0 Å². The Kier molecular flexibility index (Phi) is 4.62. The molecular formula is C14H20BF2NO4S. The van der Waals surface area contributed by atoms with Gasteiger partial charge in [-0.15, -0.1) is 0 Å². The Balaban J connectivity index is 2.43. The topological polar surface area (TPSA) is 78.6 Å². The molecule has 0 spiro atoms. The van der Waals surface area contributed by atoms with E-state index in [0.29, 0.717) is 5.46 Å². The van der Waals surface area contributed by atoms with Gasteiger partial charge in [-0.2, -0.15) is 0 Å². The maximum atomic E-state index is 13.1. The molecule has 0 radical (unpaired) electrons.